The van der Waals surface area contributed by atoms with Gasteiger partial charge < -0.3 is 13.8 Å². The van der Waals surface area contributed by atoms with Crippen LogP contribution in [0.5, 0.6) is 5.75 Å². The molecule has 1 aromatic carbocycles. The molecule has 8 heteroatoms. The molecule has 0 saturated heterocycles. The van der Waals surface area contributed by atoms with E-state index in [4.69, 9.17) is 19.0 Å². The van der Waals surface area contributed by atoms with E-state index in [0.29, 0.717) is 18.8 Å². The topological polar surface area (TPSA) is 98.0 Å². The predicted octanol–water partition coefficient (Wildman–Crippen LogP) is 4.16. The second-order valence-corrected chi connectivity index (χ2v) is 6.40. The summed E-state index contributed by atoms with van der Waals surface area (Å²) < 4.78 is 27.9. The van der Waals surface area contributed by atoms with Crippen molar-refractivity contribution in [2.24, 2.45) is 5.18 Å². The quantitative estimate of drug-likeness (QED) is 0.361. The first kappa shape index (κ1) is 19.0. The summed E-state index contributed by atoms with van der Waals surface area (Å²) in [6.45, 7) is 4.25. The molecule has 0 aliphatic heterocycles. The van der Waals surface area contributed by atoms with Gasteiger partial charge in [0.05, 0.1) is 24.9 Å². The van der Waals surface area contributed by atoms with Crippen LogP contribution in [0.15, 0.2) is 35.5 Å². The summed E-state index contributed by atoms with van der Waals surface area (Å²) in [5.74, 6) is 0.270. The lowest BCUT2D eigenvalue weighted by molar-refractivity contribution is 0.222. The molecule has 0 amide bonds. The number of allylic oxidation sites excluding steroid dienone is 1. The number of nitriles is 1. The van der Waals surface area contributed by atoms with E-state index in [-0.39, 0.29) is 24.2 Å². The van der Waals surface area contributed by atoms with E-state index in [1.54, 1.807) is 26.0 Å². The van der Waals surface area contributed by atoms with Gasteiger partial charge in [-0.15, -0.1) is 4.91 Å². The fraction of sp³-hybridized carbons (Fsp3) is 0.400. The smallest absolute Gasteiger partial charge is 0.334 e. The van der Waals surface area contributed by atoms with Crippen molar-refractivity contribution in [3.8, 4) is 11.8 Å². The average molecular weight is 338 g/mol. The van der Waals surface area contributed by atoms with Crippen molar-refractivity contribution in [2.75, 3.05) is 26.0 Å². The monoisotopic (exact) mass is 338 g/mol. The Morgan fingerprint density at radius 2 is 1.96 bits per heavy atom. The van der Waals surface area contributed by atoms with Crippen LogP contribution in [0, 0.1) is 16.2 Å². The second kappa shape index (κ2) is 9.90. The zero-order valence-corrected chi connectivity index (χ0v) is 14.0. The largest absolute Gasteiger partial charge is 0.488 e. The molecule has 0 aliphatic rings. The van der Waals surface area contributed by atoms with Crippen LogP contribution in [-0.2, 0) is 13.6 Å². The summed E-state index contributed by atoms with van der Waals surface area (Å²) in [7, 11) is -3.11. The normalized spacial score (nSPS) is 11.3. The Morgan fingerprint density at radius 3 is 2.52 bits per heavy atom. The minimum absolute atomic E-state index is 0.138. The van der Waals surface area contributed by atoms with E-state index >= 15 is 0 Å². The van der Waals surface area contributed by atoms with E-state index < -0.39 is 7.60 Å². The third-order valence-electron chi connectivity index (χ3n) is 2.67. The van der Waals surface area contributed by atoms with Crippen molar-refractivity contribution >= 4 is 13.3 Å². The van der Waals surface area contributed by atoms with Gasteiger partial charge in [-0.1, -0.05) is 12.2 Å². The number of hydrogen-bond acceptors (Lipinski definition) is 7. The highest BCUT2D eigenvalue weighted by Crippen LogP contribution is 2.47. The summed E-state index contributed by atoms with van der Waals surface area (Å²) in [6, 6.07) is 6.27. The molecule has 0 radical (unpaired) electrons. The molecule has 7 nitrogen and oxygen atoms in total. The molecule has 23 heavy (non-hydrogen) atoms. The molecule has 0 bridgehead atoms. The molecule has 0 N–H and O–H groups in total. The van der Waals surface area contributed by atoms with Gasteiger partial charge in [0.1, 0.15) is 24.1 Å². The Bertz CT molecular complexity index is 629. The molecule has 1 rings (SSSR count). The van der Waals surface area contributed by atoms with E-state index in [2.05, 4.69) is 5.18 Å². The van der Waals surface area contributed by atoms with Gasteiger partial charge in [0.2, 0.25) is 0 Å². The van der Waals surface area contributed by atoms with E-state index in [0.717, 1.165) is 0 Å². The second-order valence-electron chi connectivity index (χ2n) is 4.29. The minimum Gasteiger partial charge on any atom is -0.488 e. The van der Waals surface area contributed by atoms with Crippen molar-refractivity contribution in [1.82, 2.24) is 0 Å². The van der Waals surface area contributed by atoms with Crippen molar-refractivity contribution in [1.29, 1.82) is 5.26 Å². The first-order valence-electron chi connectivity index (χ1n) is 7.12. The van der Waals surface area contributed by atoms with Crippen molar-refractivity contribution < 1.29 is 18.3 Å². The molecule has 0 saturated carbocycles. The van der Waals surface area contributed by atoms with Crippen LogP contribution in [0.25, 0.3) is 0 Å². The maximum absolute atomic E-state index is 12.2. The summed E-state index contributed by atoms with van der Waals surface area (Å²) in [4.78, 5) is 10.5. The Morgan fingerprint density at radius 1 is 1.26 bits per heavy atom. The average Bonchev–Trinajstić information content (AvgIpc) is 2.54. The van der Waals surface area contributed by atoms with Crippen LogP contribution in [0.2, 0.25) is 0 Å². The van der Waals surface area contributed by atoms with Crippen molar-refractivity contribution in [3.63, 3.8) is 0 Å². The maximum Gasteiger partial charge on any atom is 0.334 e. The van der Waals surface area contributed by atoms with Gasteiger partial charge in [-0.3, -0.25) is 4.57 Å². The van der Waals surface area contributed by atoms with Gasteiger partial charge in [0.15, 0.2) is 0 Å². The van der Waals surface area contributed by atoms with Gasteiger partial charge in [-0.2, -0.15) is 5.26 Å². The number of ether oxygens (including phenoxy) is 1. The van der Waals surface area contributed by atoms with Crippen LogP contribution in [-0.4, -0.2) is 26.0 Å². The maximum atomic E-state index is 12.2. The van der Waals surface area contributed by atoms with Crippen LogP contribution in [0.1, 0.15) is 19.4 Å². The highest BCUT2D eigenvalue weighted by molar-refractivity contribution is 7.54. The number of nitrogens with zero attached hydrogens (tertiary/aromatic N) is 2. The number of hydrogen-bond donors (Lipinski definition) is 0. The zero-order valence-electron chi connectivity index (χ0n) is 13.1. The minimum atomic E-state index is -3.11. The molecule has 0 heterocycles. The highest BCUT2D eigenvalue weighted by Gasteiger charge is 2.20. The molecular formula is C15H19N2O5P. The number of nitroso groups, excluding NO2 is 1. The van der Waals surface area contributed by atoms with Gasteiger partial charge in [-0.25, -0.2) is 0 Å². The fourth-order valence-electron chi connectivity index (χ4n) is 1.73. The van der Waals surface area contributed by atoms with Gasteiger partial charge in [0.25, 0.3) is 0 Å². The fourth-order valence-corrected chi connectivity index (χ4v) is 3.20. The lowest BCUT2D eigenvalue weighted by atomic mass is 10.2. The molecule has 124 valence electrons. The third-order valence-corrected chi connectivity index (χ3v) is 4.63. The third kappa shape index (κ3) is 6.33. The first-order valence-corrected chi connectivity index (χ1v) is 8.84. The summed E-state index contributed by atoms with van der Waals surface area (Å²) in [5.41, 5.74) is 0.486. The standard InChI is InChI=1S/C15H19N2O5P/c1-3-21-23(19,22-4-2)10-6-5-9-20-15-11-14(17-18)8-7-13(15)12-16/h5-8,11H,3-4,9-10H2,1-2H3/b6-5+. The van der Waals surface area contributed by atoms with E-state index in [9.17, 15) is 9.47 Å². The van der Waals surface area contributed by atoms with Gasteiger partial charge >= 0.3 is 7.60 Å². The lowest BCUT2D eigenvalue weighted by Crippen LogP contribution is -2.00. The summed E-state index contributed by atoms with van der Waals surface area (Å²) in [6.07, 6.45) is 3.42. The molecule has 0 atom stereocenters. The molecule has 0 fully saturated rings. The lowest BCUT2D eigenvalue weighted by Gasteiger charge is -2.14. The Hall–Kier alpha value is -2.00. The Balaban J connectivity index is 2.61. The molecule has 0 aliphatic carbocycles. The highest BCUT2D eigenvalue weighted by atomic mass is 31.2. The summed E-state index contributed by atoms with van der Waals surface area (Å²) >= 11 is 0. The van der Waals surface area contributed by atoms with E-state index in [1.165, 1.54) is 18.2 Å². The number of benzene rings is 1. The number of rotatable bonds is 10. The van der Waals surface area contributed by atoms with Crippen molar-refractivity contribution in [2.45, 2.75) is 13.8 Å². The SMILES string of the molecule is CCOP(=O)(C/C=C/COc1cc(N=O)ccc1C#N)OCC. The molecule has 0 unspecified atom stereocenters. The van der Waals surface area contributed by atoms with Crippen LogP contribution >= 0.6 is 7.60 Å². The van der Waals surface area contributed by atoms with Gasteiger partial charge in [0, 0.05) is 6.07 Å². The van der Waals surface area contributed by atoms with Crippen LogP contribution in [0.4, 0.5) is 5.69 Å². The van der Waals surface area contributed by atoms with Crippen molar-refractivity contribution in [3.05, 3.63) is 40.8 Å². The zero-order chi connectivity index (χ0) is 17.1. The van der Waals surface area contributed by atoms with E-state index in [1.807, 2.05) is 6.07 Å². The van der Waals surface area contributed by atoms with Gasteiger partial charge in [-0.05, 0) is 31.2 Å². The molecule has 0 aromatic heterocycles. The molecular weight excluding hydrogens is 319 g/mol. The van der Waals surface area contributed by atoms with Crippen LogP contribution < -0.4 is 4.74 Å². The Labute approximate surface area is 135 Å². The Kier molecular flexibility index (Phi) is 8.20. The predicted molar refractivity (Wildman–Crippen MR) is 87.0 cm³/mol. The summed E-state index contributed by atoms with van der Waals surface area (Å²) in [5, 5.41) is 11.8. The molecule has 0 spiro atoms. The van der Waals surface area contributed by atoms with Crippen LogP contribution in [0.3, 0.4) is 0 Å². The first-order chi connectivity index (χ1) is 11.1. The molecule has 1 aromatic rings.